The van der Waals surface area contributed by atoms with Crippen LogP contribution in [0, 0.1) is 6.92 Å². The summed E-state index contributed by atoms with van der Waals surface area (Å²) in [7, 11) is 1.64. The van der Waals surface area contributed by atoms with Crippen LogP contribution >= 0.6 is 31.9 Å². The van der Waals surface area contributed by atoms with Crippen LogP contribution in [0.2, 0.25) is 0 Å². The van der Waals surface area contributed by atoms with Crippen molar-refractivity contribution < 1.29 is 9.53 Å². The number of nitrogens with zero attached hydrogens (tertiary/aromatic N) is 1. The Labute approximate surface area is 125 Å². The standard InChI is InChI=1S/C13H17Br2NO2/c1-10-3-4-11(12(15)9-10)13(17)16(6-5-14)7-8-18-2/h3-4,9H,5-8H2,1-2H3. The Hall–Kier alpha value is -0.390. The molecule has 0 aliphatic heterocycles. The number of carbonyl (C=O) groups is 1. The first-order valence-electron chi connectivity index (χ1n) is 5.70. The van der Waals surface area contributed by atoms with Crippen LogP contribution in [0.1, 0.15) is 15.9 Å². The smallest absolute Gasteiger partial charge is 0.255 e. The molecular weight excluding hydrogens is 362 g/mol. The van der Waals surface area contributed by atoms with Gasteiger partial charge in [-0.25, -0.2) is 0 Å². The predicted molar refractivity (Wildman–Crippen MR) is 80.5 cm³/mol. The van der Waals surface area contributed by atoms with E-state index in [0.29, 0.717) is 25.3 Å². The summed E-state index contributed by atoms with van der Waals surface area (Å²) in [5, 5.41) is 0.756. The Balaban J connectivity index is 2.87. The minimum absolute atomic E-state index is 0.0263. The lowest BCUT2D eigenvalue weighted by Crippen LogP contribution is -2.35. The second-order valence-electron chi connectivity index (χ2n) is 3.96. The van der Waals surface area contributed by atoms with Crippen LogP contribution in [-0.2, 0) is 4.74 Å². The maximum Gasteiger partial charge on any atom is 0.255 e. The number of rotatable bonds is 6. The Morgan fingerprint density at radius 1 is 1.39 bits per heavy atom. The molecule has 0 fully saturated rings. The van der Waals surface area contributed by atoms with Crippen LogP contribution < -0.4 is 0 Å². The number of carbonyl (C=O) groups excluding carboxylic acids is 1. The van der Waals surface area contributed by atoms with E-state index in [1.807, 2.05) is 25.1 Å². The number of alkyl halides is 1. The first-order chi connectivity index (χ1) is 8.60. The van der Waals surface area contributed by atoms with Gasteiger partial charge in [0.2, 0.25) is 0 Å². The molecule has 0 aromatic heterocycles. The number of hydrogen-bond donors (Lipinski definition) is 0. The first-order valence-corrected chi connectivity index (χ1v) is 7.62. The molecule has 0 unspecified atom stereocenters. The minimum atomic E-state index is 0.0263. The number of halogens is 2. The van der Waals surface area contributed by atoms with Crippen molar-refractivity contribution >= 4 is 37.8 Å². The molecule has 0 N–H and O–H groups in total. The maximum atomic E-state index is 12.4. The van der Waals surface area contributed by atoms with Crippen LogP contribution in [0.15, 0.2) is 22.7 Å². The van der Waals surface area contributed by atoms with Crippen molar-refractivity contribution in [2.75, 3.05) is 32.1 Å². The molecule has 1 amide bonds. The molecule has 3 nitrogen and oxygen atoms in total. The van der Waals surface area contributed by atoms with Crippen molar-refractivity contribution in [1.82, 2.24) is 4.90 Å². The van der Waals surface area contributed by atoms with Crippen molar-refractivity contribution in [3.63, 3.8) is 0 Å². The molecule has 1 rings (SSSR count). The van der Waals surface area contributed by atoms with Gasteiger partial charge in [-0.3, -0.25) is 4.79 Å². The Bertz CT molecular complexity index is 410. The zero-order valence-electron chi connectivity index (χ0n) is 10.6. The lowest BCUT2D eigenvalue weighted by atomic mass is 10.1. The van der Waals surface area contributed by atoms with Crippen molar-refractivity contribution in [3.05, 3.63) is 33.8 Å². The predicted octanol–water partition coefficient (Wildman–Crippen LogP) is 3.24. The summed E-state index contributed by atoms with van der Waals surface area (Å²) in [5.41, 5.74) is 1.82. The van der Waals surface area contributed by atoms with Gasteiger partial charge in [-0.2, -0.15) is 0 Å². The number of amides is 1. The van der Waals surface area contributed by atoms with Crippen LogP contribution in [0.3, 0.4) is 0 Å². The Kier molecular flexibility index (Phi) is 6.89. The van der Waals surface area contributed by atoms with Gasteiger partial charge in [0.25, 0.3) is 5.91 Å². The molecule has 0 aliphatic rings. The molecule has 1 aromatic carbocycles. The third kappa shape index (κ3) is 4.37. The average molecular weight is 379 g/mol. The van der Waals surface area contributed by atoms with E-state index in [1.165, 1.54) is 0 Å². The molecule has 0 atom stereocenters. The molecule has 5 heteroatoms. The molecule has 0 radical (unpaired) electrons. The first kappa shape index (κ1) is 15.7. The fourth-order valence-corrected chi connectivity index (χ4v) is 2.67. The summed E-state index contributed by atoms with van der Waals surface area (Å²) in [5.74, 6) is 0.0263. The van der Waals surface area contributed by atoms with Crippen molar-refractivity contribution in [3.8, 4) is 0 Å². The highest BCUT2D eigenvalue weighted by Gasteiger charge is 2.17. The molecular formula is C13H17Br2NO2. The Morgan fingerprint density at radius 3 is 2.67 bits per heavy atom. The molecule has 1 aromatic rings. The highest BCUT2D eigenvalue weighted by atomic mass is 79.9. The summed E-state index contributed by atoms with van der Waals surface area (Å²) in [6, 6.07) is 5.76. The molecule has 18 heavy (non-hydrogen) atoms. The number of ether oxygens (including phenoxy) is 1. The van der Waals surface area contributed by atoms with Gasteiger partial charge >= 0.3 is 0 Å². The summed E-state index contributed by atoms with van der Waals surface area (Å²) < 4.78 is 5.87. The monoisotopic (exact) mass is 377 g/mol. The van der Waals surface area contributed by atoms with Gasteiger partial charge in [-0.15, -0.1) is 0 Å². The summed E-state index contributed by atoms with van der Waals surface area (Å²) in [4.78, 5) is 14.2. The average Bonchev–Trinajstić information content (AvgIpc) is 2.33. The Morgan fingerprint density at radius 2 is 2.11 bits per heavy atom. The largest absolute Gasteiger partial charge is 0.383 e. The van der Waals surface area contributed by atoms with E-state index in [-0.39, 0.29) is 5.91 Å². The molecule has 100 valence electrons. The minimum Gasteiger partial charge on any atom is -0.383 e. The van der Waals surface area contributed by atoms with Gasteiger partial charge in [0.05, 0.1) is 12.2 Å². The van der Waals surface area contributed by atoms with Crippen LogP contribution in [0.4, 0.5) is 0 Å². The zero-order valence-corrected chi connectivity index (χ0v) is 13.8. The van der Waals surface area contributed by atoms with E-state index in [4.69, 9.17) is 4.74 Å². The van der Waals surface area contributed by atoms with E-state index >= 15 is 0 Å². The zero-order chi connectivity index (χ0) is 13.5. The molecule has 0 saturated carbocycles. The summed E-state index contributed by atoms with van der Waals surface area (Å²) in [6.07, 6.45) is 0. The van der Waals surface area contributed by atoms with Crippen LogP contribution in [0.5, 0.6) is 0 Å². The van der Waals surface area contributed by atoms with Crippen molar-refractivity contribution in [2.45, 2.75) is 6.92 Å². The van der Waals surface area contributed by atoms with Gasteiger partial charge in [0.1, 0.15) is 0 Å². The fraction of sp³-hybridized carbons (Fsp3) is 0.462. The van der Waals surface area contributed by atoms with Gasteiger partial charge < -0.3 is 9.64 Å². The molecule has 0 aliphatic carbocycles. The third-order valence-corrected chi connectivity index (χ3v) is 3.57. The van der Waals surface area contributed by atoms with Crippen LogP contribution in [-0.4, -0.2) is 42.9 Å². The number of hydrogen-bond acceptors (Lipinski definition) is 2. The molecule has 0 heterocycles. The fourth-order valence-electron chi connectivity index (χ4n) is 1.58. The van der Waals surface area contributed by atoms with Crippen LogP contribution in [0.25, 0.3) is 0 Å². The lowest BCUT2D eigenvalue weighted by Gasteiger charge is -2.22. The number of aryl methyl sites for hydroxylation is 1. The van der Waals surface area contributed by atoms with E-state index < -0.39 is 0 Å². The quantitative estimate of drug-likeness (QED) is 0.711. The third-order valence-electron chi connectivity index (χ3n) is 2.56. The van der Waals surface area contributed by atoms with E-state index in [2.05, 4.69) is 31.9 Å². The maximum absolute atomic E-state index is 12.4. The summed E-state index contributed by atoms with van der Waals surface area (Å²) in [6.45, 7) is 3.81. The van der Waals surface area contributed by atoms with Gasteiger partial charge in [0.15, 0.2) is 0 Å². The highest BCUT2D eigenvalue weighted by molar-refractivity contribution is 9.10. The van der Waals surface area contributed by atoms with Crippen molar-refractivity contribution in [2.24, 2.45) is 0 Å². The lowest BCUT2D eigenvalue weighted by molar-refractivity contribution is 0.0708. The normalized spacial score (nSPS) is 10.4. The van der Waals surface area contributed by atoms with E-state index in [0.717, 1.165) is 15.4 Å². The van der Waals surface area contributed by atoms with Gasteiger partial charge in [-0.1, -0.05) is 22.0 Å². The van der Waals surface area contributed by atoms with Crippen molar-refractivity contribution in [1.29, 1.82) is 0 Å². The van der Waals surface area contributed by atoms with E-state index in [1.54, 1.807) is 12.0 Å². The molecule has 0 spiro atoms. The molecule has 0 saturated heterocycles. The highest BCUT2D eigenvalue weighted by Crippen LogP contribution is 2.20. The van der Waals surface area contributed by atoms with E-state index in [9.17, 15) is 4.79 Å². The second-order valence-corrected chi connectivity index (χ2v) is 5.60. The molecule has 0 bridgehead atoms. The number of methoxy groups -OCH3 is 1. The topological polar surface area (TPSA) is 29.5 Å². The van der Waals surface area contributed by atoms with Gasteiger partial charge in [-0.05, 0) is 40.5 Å². The second kappa shape index (κ2) is 7.92. The van der Waals surface area contributed by atoms with Gasteiger partial charge in [0, 0.05) is 30.0 Å². The number of benzene rings is 1. The SMILES string of the molecule is COCCN(CCBr)C(=O)c1ccc(C)cc1Br. The summed E-state index contributed by atoms with van der Waals surface area (Å²) >= 11 is 6.81.